The Morgan fingerprint density at radius 3 is 2.48 bits per heavy atom. The van der Waals surface area contributed by atoms with E-state index in [4.69, 9.17) is 0 Å². The van der Waals surface area contributed by atoms with Crippen molar-refractivity contribution < 1.29 is 8.42 Å². The van der Waals surface area contributed by atoms with Crippen LogP contribution in [0.5, 0.6) is 0 Å². The summed E-state index contributed by atoms with van der Waals surface area (Å²) in [7, 11) is -3.10. The van der Waals surface area contributed by atoms with E-state index < -0.39 is 10.0 Å². The van der Waals surface area contributed by atoms with Crippen LogP contribution in [0, 0.1) is 0 Å². The lowest BCUT2D eigenvalue weighted by Crippen LogP contribution is -2.38. The lowest BCUT2D eigenvalue weighted by atomic mass is 10.1. The molecule has 0 aliphatic rings. The van der Waals surface area contributed by atoms with Crippen LogP contribution in [0.15, 0.2) is 35.3 Å². The minimum absolute atomic E-state index is 0.111. The van der Waals surface area contributed by atoms with Gasteiger partial charge in [0.15, 0.2) is 5.96 Å². The van der Waals surface area contributed by atoms with Crippen molar-refractivity contribution in [1.29, 1.82) is 0 Å². The van der Waals surface area contributed by atoms with Gasteiger partial charge in [-0.25, -0.2) is 13.1 Å². The van der Waals surface area contributed by atoms with Gasteiger partial charge < -0.3 is 10.6 Å². The molecule has 0 saturated carbocycles. The third-order valence-corrected chi connectivity index (χ3v) is 4.60. The third kappa shape index (κ3) is 9.20. The monoisotopic (exact) mass is 340 g/mol. The van der Waals surface area contributed by atoms with Gasteiger partial charge in [-0.05, 0) is 32.3 Å². The Bertz CT molecular complexity index is 559. The van der Waals surface area contributed by atoms with Gasteiger partial charge in [-0.3, -0.25) is 4.99 Å². The Morgan fingerprint density at radius 1 is 1.09 bits per heavy atom. The van der Waals surface area contributed by atoms with Crippen molar-refractivity contribution in [1.82, 2.24) is 15.4 Å². The van der Waals surface area contributed by atoms with E-state index >= 15 is 0 Å². The highest BCUT2D eigenvalue weighted by molar-refractivity contribution is 7.89. The molecule has 23 heavy (non-hydrogen) atoms. The first-order chi connectivity index (χ1) is 11.1. The molecule has 7 heteroatoms. The zero-order valence-electron chi connectivity index (χ0n) is 14.0. The van der Waals surface area contributed by atoms with Gasteiger partial charge in [0.1, 0.15) is 0 Å². The molecule has 1 aromatic rings. The van der Waals surface area contributed by atoms with Gasteiger partial charge in [0.05, 0.1) is 5.75 Å². The maximum Gasteiger partial charge on any atom is 0.211 e. The van der Waals surface area contributed by atoms with E-state index in [-0.39, 0.29) is 5.75 Å². The topological polar surface area (TPSA) is 82.6 Å². The molecule has 1 aromatic carbocycles. The Hall–Kier alpha value is -1.60. The number of nitrogens with one attached hydrogen (secondary N) is 3. The number of benzene rings is 1. The third-order valence-electron chi connectivity index (χ3n) is 3.20. The van der Waals surface area contributed by atoms with Gasteiger partial charge in [0, 0.05) is 26.2 Å². The Labute approximate surface area is 139 Å². The molecule has 0 aromatic heterocycles. The maximum absolute atomic E-state index is 11.3. The molecule has 0 fully saturated rings. The van der Waals surface area contributed by atoms with Gasteiger partial charge in [-0.15, -0.1) is 0 Å². The molecule has 0 bridgehead atoms. The number of sulfonamides is 1. The minimum atomic E-state index is -3.10. The summed E-state index contributed by atoms with van der Waals surface area (Å²) < 4.78 is 25.1. The summed E-state index contributed by atoms with van der Waals surface area (Å²) >= 11 is 0. The lowest BCUT2D eigenvalue weighted by Gasteiger charge is -2.11. The molecule has 0 radical (unpaired) electrons. The predicted molar refractivity (Wildman–Crippen MR) is 96.2 cm³/mol. The summed E-state index contributed by atoms with van der Waals surface area (Å²) in [6.07, 6.45) is 1.61. The SMILES string of the molecule is CCNC(=NCCCNS(=O)(=O)CC)NCCc1ccccc1. The van der Waals surface area contributed by atoms with Crippen molar-refractivity contribution in [3.05, 3.63) is 35.9 Å². The van der Waals surface area contributed by atoms with Gasteiger partial charge >= 0.3 is 0 Å². The van der Waals surface area contributed by atoms with E-state index in [1.807, 2.05) is 25.1 Å². The molecular formula is C16H28N4O2S. The number of rotatable bonds is 10. The van der Waals surface area contributed by atoms with Crippen LogP contribution < -0.4 is 15.4 Å². The maximum atomic E-state index is 11.3. The van der Waals surface area contributed by atoms with E-state index in [0.717, 1.165) is 25.5 Å². The summed E-state index contributed by atoms with van der Waals surface area (Å²) in [4.78, 5) is 4.45. The van der Waals surface area contributed by atoms with Crippen molar-refractivity contribution in [3.63, 3.8) is 0 Å². The zero-order chi connectivity index (χ0) is 17.0. The smallest absolute Gasteiger partial charge is 0.211 e. The quantitative estimate of drug-likeness (QED) is 0.339. The summed E-state index contributed by atoms with van der Waals surface area (Å²) in [6.45, 7) is 6.23. The molecule has 0 aliphatic carbocycles. The van der Waals surface area contributed by atoms with Crippen molar-refractivity contribution in [2.75, 3.05) is 31.9 Å². The first-order valence-electron chi connectivity index (χ1n) is 8.11. The molecule has 0 aliphatic heterocycles. The van der Waals surface area contributed by atoms with Crippen LogP contribution in [0.3, 0.4) is 0 Å². The molecule has 0 saturated heterocycles. The average molecular weight is 340 g/mol. The molecule has 0 amide bonds. The number of hydrogen-bond acceptors (Lipinski definition) is 3. The lowest BCUT2D eigenvalue weighted by molar-refractivity contribution is 0.581. The fraction of sp³-hybridized carbons (Fsp3) is 0.562. The molecule has 3 N–H and O–H groups in total. The first-order valence-corrected chi connectivity index (χ1v) is 9.76. The zero-order valence-corrected chi connectivity index (χ0v) is 14.8. The van der Waals surface area contributed by atoms with Crippen LogP contribution >= 0.6 is 0 Å². The molecule has 6 nitrogen and oxygen atoms in total. The molecule has 0 spiro atoms. The van der Waals surface area contributed by atoms with Crippen LogP contribution in [-0.2, 0) is 16.4 Å². The fourth-order valence-corrected chi connectivity index (χ4v) is 2.57. The highest BCUT2D eigenvalue weighted by Gasteiger charge is 2.04. The standard InChI is InChI=1S/C16H28N4O2S/c1-3-17-16(18-12-8-13-20-23(21,22)4-2)19-14-11-15-9-6-5-7-10-15/h5-7,9-10,20H,3-4,8,11-14H2,1-2H3,(H2,17,18,19). The minimum Gasteiger partial charge on any atom is -0.357 e. The van der Waals surface area contributed by atoms with E-state index in [2.05, 4.69) is 32.5 Å². The van der Waals surface area contributed by atoms with E-state index in [9.17, 15) is 8.42 Å². The second-order valence-electron chi connectivity index (χ2n) is 5.07. The highest BCUT2D eigenvalue weighted by Crippen LogP contribution is 1.98. The van der Waals surface area contributed by atoms with E-state index in [1.165, 1.54) is 5.56 Å². The summed E-state index contributed by atoms with van der Waals surface area (Å²) in [5.74, 6) is 0.877. The van der Waals surface area contributed by atoms with Gasteiger partial charge in [0.25, 0.3) is 0 Å². The highest BCUT2D eigenvalue weighted by atomic mass is 32.2. The Kier molecular flexibility index (Phi) is 9.31. The number of hydrogen-bond donors (Lipinski definition) is 3. The van der Waals surface area contributed by atoms with Crippen molar-refractivity contribution in [2.45, 2.75) is 26.7 Å². The van der Waals surface area contributed by atoms with Crippen molar-refractivity contribution in [3.8, 4) is 0 Å². The predicted octanol–water partition coefficient (Wildman–Crippen LogP) is 1.11. The van der Waals surface area contributed by atoms with Gasteiger partial charge in [-0.1, -0.05) is 30.3 Å². The van der Waals surface area contributed by atoms with E-state index in [0.29, 0.717) is 19.5 Å². The van der Waals surface area contributed by atoms with Crippen molar-refractivity contribution >= 4 is 16.0 Å². The normalized spacial score (nSPS) is 12.2. The van der Waals surface area contributed by atoms with Gasteiger partial charge in [0.2, 0.25) is 10.0 Å². The Balaban J connectivity index is 2.29. The number of guanidine groups is 1. The van der Waals surface area contributed by atoms with Crippen LogP contribution in [0.2, 0.25) is 0 Å². The summed E-state index contributed by atoms with van der Waals surface area (Å²) in [5.41, 5.74) is 1.28. The average Bonchev–Trinajstić information content (AvgIpc) is 2.55. The first kappa shape index (κ1) is 19.4. The van der Waals surface area contributed by atoms with Crippen molar-refractivity contribution in [2.24, 2.45) is 4.99 Å². The van der Waals surface area contributed by atoms with Crippen LogP contribution in [0.1, 0.15) is 25.8 Å². The van der Waals surface area contributed by atoms with Gasteiger partial charge in [-0.2, -0.15) is 0 Å². The number of aliphatic imine (C=N–C) groups is 1. The van der Waals surface area contributed by atoms with Crippen LogP contribution in [0.25, 0.3) is 0 Å². The second-order valence-corrected chi connectivity index (χ2v) is 7.17. The van der Waals surface area contributed by atoms with Crippen LogP contribution in [-0.4, -0.2) is 46.3 Å². The Morgan fingerprint density at radius 2 is 1.83 bits per heavy atom. The second kappa shape index (κ2) is 11.0. The molecule has 1 rings (SSSR count). The van der Waals surface area contributed by atoms with Crippen LogP contribution in [0.4, 0.5) is 0 Å². The molecule has 0 atom stereocenters. The number of nitrogens with zero attached hydrogens (tertiary/aromatic N) is 1. The molecule has 0 unspecified atom stereocenters. The fourth-order valence-electron chi connectivity index (χ4n) is 1.91. The summed E-state index contributed by atoms with van der Waals surface area (Å²) in [6, 6.07) is 10.3. The summed E-state index contributed by atoms with van der Waals surface area (Å²) in [5, 5.41) is 6.48. The van der Waals surface area contributed by atoms with E-state index in [1.54, 1.807) is 6.92 Å². The molecule has 130 valence electrons. The largest absolute Gasteiger partial charge is 0.357 e. The molecular weight excluding hydrogens is 312 g/mol. The molecule has 0 heterocycles.